The second kappa shape index (κ2) is 3.25. The van der Waals surface area contributed by atoms with Gasteiger partial charge in [0.2, 0.25) is 0 Å². The van der Waals surface area contributed by atoms with E-state index in [-0.39, 0.29) is 0 Å². The van der Waals surface area contributed by atoms with E-state index in [1.54, 1.807) is 0 Å². The van der Waals surface area contributed by atoms with Gasteiger partial charge in [-0.2, -0.15) is 0 Å². The molecule has 1 saturated heterocycles. The van der Waals surface area contributed by atoms with Crippen LogP contribution in [0.25, 0.3) is 0 Å². The van der Waals surface area contributed by atoms with Crippen LogP contribution >= 0.6 is 0 Å². The van der Waals surface area contributed by atoms with Crippen LogP contribution < -0.4 is 5.84 Å². The number of nitrogens with two attached hydrogens (primary N) is 1. The molecule has 2 N–H and O–H groups in total. The largest absolute Gasteiger partial charge is 0.337 e. The minimum Gasteiger partial charge on any atom is -0.337 e. The number of hydrogen-bond acceptors (Lipinski definition) is 3. The zero-order valence-electron chi connectivity index (χ0n) is 7.06. The summed E-state index contributed by atoms with van der Waals surface area (Å²) in [7, 11) is 0. The molecule has 1 aliphatic rings. The zero-order valence-corrected chi connectivity index (χ0v) is 7.06. The van der Waals surface area contributed by atoms with E-state index in [1.165, 1.54) is 6.42 Å². The van der Waals surface area contributed by atoms with Crippen molar-refractivity contribution in [3.63, 3.8) is 0 Å². The summed E-state index contributed by atoms with van der Waals surface area (Å²) in [5.74, 6) is 6.36. The molecule has 0 radical (unpaired) electrons. The van der Waals surface area contributed by atoms with Gasteiger partial charge in [0.15, 0.2) is 0 Å². The minimum atomic E-state index is 0.698. The lowest BCUT2D eigenvalue weighted by Crippen LogP contribution is -2.28. The highest BCUT2D eigenvalue weighted by Crippen LogP contribution is 2.14. The number of imidazole rings is 1. The maximum absolute atomic E-state index is 5.66. The summed E-state index contributed by atoms with van der Waals surface area (Å²) in [5, 5.41) is 1.89. The first kappa shape index (κ1) is 7.76. The summed E-state index contributed by atoms with van der Waals surface area (Å²) in [4.78, 5) is 4.00. The van der Waals surface area contributed by atoms with Gasteiger partial charge in [-0.15, -0.1) is 0 Å². The molecular weight excluding hydrogens is 152 g/mol. The average Bonchev–Trinajstić information content (AvgIpc) is 2.63. The first-order chi connectivity index (χ1) is 5.84. The lowest BCUT2D eigenvalue weighted by molar-refractivity contribution is 0.329. The molecule has 2 heterocycles. The number of nitrogens with zero attached hydrogens (tertiary/aromatic N) is 3. The Labute approximate surface area is 72.0 Å². The summed E-state index contributed by atoms with van der Waals surface area (Å²) < 4.78 is 2.11. The molecule has 0 spiro atoms. The predicted molar refractivity (Wildman–Crippen MR) is 46.1 cm³/mol. The molecule has 2 rings (SSSR count). The van der Waals surface area contributed by atoms with Gasteiger partial charge in [0.25, 0.3) is 0 Å². The van der Waals surface area contributed by atoms with E-state index in [9.17, 15) is 0 Å². The van der Waals surface area contributed by atoms with Gasteiger partial charge in [-0.1, -0.05) is 0 Å². The molecule has 0 aliphatic carbocycles. The molecule has 12 heavy (non-hydrogen) atoms. The van der Waals surface area contributed by atoms with Crippen LogP contribution in [-0.4, -0.2) is 27.6 Å². The summed E-state index contributed by atoms with van der Waals surface area (Å²) in [6, 6.07) is 0. The van der Waals surface area contributed by atoms with Crippen LogP contribution in [0.4, 0.5) is 0 Å². The van der Waals surface area contributed by atoms with Gasteiger partial charge in [0.05, 0.1) is 6.33 Å². The van der Waals surface area contributed by atoms with Gasteiger partial charge in [0, 0.05) is 32.0 Å². The van der Waals surface area contributed by atoms with Gasteiger partial charge < -0.3 is 4.57 Å². The maximum Gasteiger partial charge on any atom is 0.0946 e. The van der Waals surface area contributed by atoms with Gasteiger partial charge in [0.1, 0.15) is 0 Å². The molecule has 0 saturated carbocycles. The van der Waals surface area contributed by atoms with Crippen molar-refractivity contribution in [3.8, 4) is 0 Å². The molecule has 0 unspecified atom stereocenters. The third-order valence-electron chi connectivity index (χ3n) is 2.35. The Morgan fingerprint density at radius 3 is 3.08 bits per heavy atom. The second-order valence-corrected chi connectivity index (χ2v) is 3.41. The van der Waals surface area contributed by atoms with E-state index in [4.69, 9.17) is 5.84 Å². The topological polar surface area (TPSA) is 47.1 Å². The van der Waals surface area contributed by atoms with Crippen molar-refractivity contribution in [2.75, 3.05) is 13.1 Å². The summed E-state index contributed by atoms with van der Waals surface area (Å²) in [5.41, 5.74) is 0. The normalized spacial score (nSPS) is 24.9. The zero-order chi connectivity index (χ0) is 8.39. The van der Waals surface area contributed by atoms with E-state index in [2.05, 4.69) is 9.55 Å². The summed E-state index contributed by atoms with van der Waals surface area (Å²) in [6.45, 7) is 3.09. The van der Waals surface area contributed by atoms with Crippen molar-refractivity contribution in [1.82, 2.24) is 14.6 Å². The van der Waals surface area contributed by atoms with Crippen molar-refractivity contribution < 1.29 is 0 Å². The molecule has 4 nitrogen and oxygen atoms in total. The fraction of sp³-hybridized carbons (Fsp3) is 0.625. The van der Waals surface area contributed by atoms with E-state index in [1.807, 2.05) is 23.7 Å². The van der Waals surface area contributed by atoms with Crippen LogP contribution in [0.1, 0.15) is 6.42 Å². The molecule has 0 amide bonds. The monoisotopic (exact) mass is 166 g/mol. The molecule has 1 atom stereocenters. The molecule has 1 aliphatic heterocycles. The minimum absolute atomic E-state index is 0.698. The summed E-state index contributed by atoms with van der Waals surface area (Å²) >= 11 is 0. The van der Waals surface area contributed by atoms with Crippen molar-refractivity contribution in [2.45, 2.75) is 13.0 Å². The molecule has 0 aromatic carbocycles. The Hall–Kier alpha value is -0.870. The fourth-order valence-electron chi connectivity index (χ4n) is 1.70. The highest BCUT2D eigenvalue weighted by molar-refractivity contribution is 4.78. The van der Waals surface area contributed by atoms with Crippen LogP contribution in [0, 0.1) is 5.92 Å². The Morgan fingerprint density at radius 2 is 2.50 bits per heavy atom. The first-order valence-corrected chi connectivity index (χ1v) is 4.30. The smallest absolute Gasteiger partial charge is 0.0946 e. The molecule has 66 valence electrons. The molecule has 1 fully saturated rings. The standard InChI is InChI=1S/C8H14N4/c9-12-3-1-8(6-12)5-11-4-2-10-7-11/h2,4,7-8H,1,3,5-6,9H2/t8-/m1/s1. The van der Waals surface area contributed by atoms with Gasteiger partial charge in [-0.05, 0) is 12.3 Å². The Kier molecular flexibility index (Phi) is 2.10. The van der Waals surface area contributed by atoms with Crippen LogP contribution in [0.2, 0.25) is 0 Å². The van der Waals surface area contributed by atoms with Gasteiger partial charge in [-0.3, -0.25) is 5.84 Å². The number of rotatable bonds is 2. The van der Waals surface area contributed by atoms with Crippen molar-refractivity contribution in [3.05, 3.63) is 18.7 Å². The maximum atomic E-state index is 5.66. The highest BCUT2D eigenvalue weighted by atomic mass is 15.4. The van der Waals surface area contributed by atoms with E-state index < -0.39 is 0 Å². The lowest BCUT2D eigenvalue weighted by atomic mass is 10.1. The highest BCUT2D eigenvalue weighted by Gasteiger charge is 2.19. The summed E-state index contributed by atoms with van der Waals surface area (Å²) in [6.07, 6.45) is 6.88. The van der Waals surface area contributed by atoms with Crippen LogP contribution in [-0.2, 0) is 6.54 Å². The van der Waals surface area contributed by atoms with Gasteiger partial charge >= 0.3 is 0 Å². The third kappa shape index (κ3) is 1.65. The fourth-order valence-corrected chi connectivity index (χ4v) is 1.70. The number of aromatic nitrogens is 2. The number of hydrazine groups is 1. The lowest BCUT2D eigenvalue weighted by Gasteiger charge is -2.10. The Bertz CT molecular complexity index is 231. The molecule has 4 heteroatoms. The predicted octanol–water partition coefficient (Wildman–Crippen LogP) is 0.0787. The quantitative estimate of drug-likeness (QED) is 0.633. The molecule has 1 aromatic rings. The average molecular weight is 166 g/mol. The Morgan fingerprint density at radius 1 is 1.58 bits per heavy atom. The molecule has 0 bridgehead atoms. The Balaban J connectivity index is 1.88. The molecular formula is C8H14N4. The van der Waals surface area contributed by atoms with Crippen LogP contribution in [0.5, 0.6) is 0 Å². The van der Waals surface area contributed by atoms with Crippen molar-refractivity contribution >= 4 is 0 Å². The van der Waals surface area contributed by atoms with E-state index in [0.717, 1.165) is 19.6 Å². The first-order valence-electron chi connectivity index (χ1n) is 4.30. The van der Waals surface area contributed by atoms with Crippen molar-refractivity contribution in [2.24, 2.45) is 11.8 Å². The third-order valence-corrected chi connectivity index (χ3v) is 2.35. The van der Waals surface area contributed by atoms with E-state index in [0.29, 0.717) is 5.92 Å². The van der Waals surface area contributed by atoms with Crippen molar-refractivity contribution in [1.29, 1.82) is 0 Å². The van der Waals surface area contributed by atoms with Gasteiger partial charge in [-0.25, -0.2) is 9.99 Å². The van der Waals surface area contributed by atoms with Crippen LogP contribution in [0.3, 0.4) is 0 Å². The SMILES string of the molecule is NN1CC[C@H](Cn2ccnc2)C1. The second-order valence-electron chi connectivity index (χ2n) is 3.41. The number of hydrogen-bond donors (Lipinski definition) is 1. The van der Waals surface area contributed by atoms with Crippen LogP contribution in [0.15, 0.2) is 18.7 Å². The molecule has 1 aromatic heterocycles. The van der Waals surface area contributed by atoms with E-state index >= 15 is 0 Å².